The largest absolute Gasteiger partial charge is 0.326 e. The molecule has 2 N–H and O–H groups in total. The first-order valence-corrected chi connectivity index (χ1v) is 3.88. The normalized spacial score (nSPS) is 10.8. The van der Waals surface area contributed by atoms with Gasteiger partial charge < -0.3 is 5.73 Å². The highest BCUT2D eigenvalue weighted by molar-refractivity contribution is 6.28. The molecule has 2 rings (SSSR count). The van der Waals surface area contributed by atoms with E-state index in [4.69, 9.17) is 17.3 Å². The van der Waals surface area contributed by atoms with Crippen LogP contribution in [0.2, 0.25) is 5.28 Å². The second-order valence-electron chi connectivity index (χ2n) is 2.43. The molecule has 0 unspecified atom stereocenters. The molecule has 0 aromatic carbocycles. The van der Waals surface area contributed by atoms with Crippen LogP contribution in [0, 0.1) is 0 Å². The molecule has 62 valence electrons. The average molecular weight is 183 g/mol. The predicted octanol–water partition coefficient (Wildman–Crippen LogP) is 0.841. The van der Waals surface area contributed by atoms with Crippen molar-refractivity contribution < 1.29 is 0 Å². The van der Waals surface area contributed by atoms with Gasteiger partial charge in [-0.05, 0) is 23.2 Å². The summed E-state index contributed by atoms with van der Waals surface area (Å²) in [6.07, 6.45) is 1.81. The first kappa shape index (κ1) is 7.52. The van der Waals surface area contributed by atoms with Gasteiger partial charge in [-0.25, -0.2) is 4.52 Å². The minimum absolute atomic E-state index is 0.254. The van der Waals surface area contributed by atoms with Crippen molar-refractivity contribution in [2.24, 2.45) is 5.73 Å². The van der Waals surface area contributed by atoms with Crippen LogP contribution in [0.3, 0.4) is 0 Å². The van der Waals surface area contributed by atoms with E-state index < -0.39 is 0 Å². The van der Waals surface area contributed by atoms with Crippen molar-refractivity contribution in [2.45, 2.75) is 6.54 Å². The van der Waals surface area contributed by atoms with Gasteiger partial charge in [0.05, 0.1) is 0 Å². The molecule has 4 nitrogen and oxygen atoms in total. The lowest BCUT2D eigenvalue weighted by atomic mass is 10.3. The van der Waals surface area contributed by atoms with Gasteiger partial charge in [-0.3, -0.25) is 0 Å². The summed E-state index contributed by atoms with van der Waals surface area (Å²) in [5.74, 6) is 0. The Morgan fingerprint density at radius 3 is 3.08 bits per heavy atom. The van der Waals surface area contributed by atoms with E-state index in [1.165, 1.54) is 0 Å². The zero-order valence-electron chi connectivity index (χ0n) is 6.24. The smallest absolute Gasteiger partial charge is 0.243 e. The van der Waals surface area contributed by atoms with E-state index in [0.29, 0.717) is 6.54 Å². The maximum atomic E-state index is 5.60. The van der Waals surface area contributed by atoms with Gasteiger partial charge in [-0.15, -0.1) is 5.10 Å². The van der Waals surface area contributed by atoms with Crippen molar-refractivity contribution >= 4 is 17.2 Å². The molecule has 0 aliphatic rings. The second kappa shape index (κ2) is 2.73. The Labute approximate surface area is 74.0 Å². The summed E-state index contributed by atoms with van der Waals surface area (Å²) in [6, 6.07) is 3.74. The molecule has 0 aliphatic carbocycles. The summed E-state index contributed by atoms with van der Waals surface area (Å²) < 4.78 is 1.62. The van der Waals surface area contributed by atoms with Crippen LogP contribution in [0.15, 0.2) is 18.3 Å². The van der Waals surface area contributed by atoms with E-state index in [0.717, 1.165) is 11.2 Å². The molecule has 0 bridgehead atoms. The van der Waals surface area contributed by atoms with Gasteiger partial charge in [0, 0.05) is 12.7 Å². The minimum atomic E-state index is 0.254. The molecule has 0 fully saturated rings. The van der Waals surface area contributed by atoms with E-state index in [-0.39, 0.29) is 5.28 Å². The number of nitrogens with two attached hydrogens (primary N) is 1. The Kier molecular flexibility index (Phi) is 1.71. The molecule has 0 saturated carbocycles. The molecule has 2 aromatic heterocycles. The van der Waals surface area contributed by atoms with Crippen LogP contribution in [-0.4, -0.2) is 14.6 Å². The number of aromatic nitrogens is 3. The fourth-order valence-electron chi connectivity index (χ4n) is 1.02. The van der Waals surface area contributed by atoms with Crippen LogP contribution < -0.4 is 5.73 Å². The highest BCUT2D eigenvalue weighted by Crippen LogP contribution is 2.06. The van der Waals surface area contributed by atoms with E-state index in [1.807, 2.05) is 18.3 Å². The number of fused-ring (bicyclic) bond motifs is 1. The Morgan fingerprint density at radius 1 is 1.50 bits per heavy atom. The molecule has 12 heavy (non-hydrogen) atoms. The summed E-state index contributed by atoms with van der Waals surface area (Å²) in [5.41, 5.74) is 7.19. The molecule has 0 aliphatic heterocycles. The number of rotatable bonds is 1. The lowest BCUT2D eigenvalue weighted by Gasteiger charge is -1.95. The van der Waals surface area contributed by atoms with Crippen LogP contribution in [0.25, 0.3) is 5.65 Å². The number of nitrogens with zero attached hydrogens (tertiary/aromatic N) is 3. The maximum absolute atomic E-state index is 5.60. The van der Waals surface area contributed by atoms with Crippen molar-refractivity contribution in [1.29, 1.82) is 0 Å². The highest BCUT2D eigenvalue weighted by Gasteiger charge is 1.99. The minimum Gasteiger partial charge on any atom is -0.326 e. The first-order chi connectivity index (χ1) is 5.79. The Bertz CT molecular complexity index is 409. The van der Waals surface area contributed by atoms with Crippen molar-refractivity contribution in [2.75, 3.05) is 0 Å². The second-order valence-corrected chi connectivity index (χ2v) is 2.76. The average Bonchev–Trinajstić information content (AvgIpc) is 2.43. The molecule has 2 heterocycles. The van der Waals surface area contributed by atoms with Gasteiger partial charge in [0.15, 0.2) is 5.65 Å². The summed E-state index contributed by atoms with van der Waals surface area (Å²) in [5, 5.41) is 4.19. The SMILES string of the molecule is NCc1ccc2nc(Cl)nn2c1. The van der Waals surface area contributed by atoms with Gasteiger partial charge in [0.25, 0.3) is 0 Å². The third-order valence-electron chi connectivity index (χ3n) is 1.60. The molecule has 0 atom stereocenters. The zero-order chi connectivity index (χ0) is 8.55. The lowest BCUT2D eigenvalue weighted by molar-refractivity contribution is 0.928. The van der Waals surface area contributed by atoms with Gasteiger partial charge in [-0.1, -0.05) is 6.07 Å². The summed E-state index contributed by atoms with van der Waals surface area (Å²) in [6.45, 7) is 0.493. The first-order valence-electron chi connectivity index (χ1n) is 3.50. The fourth-order valence-corrected chi connectivity index (χ4v) is 1.19. The summed E-state index contributed by atoms with van der Waals surface area (Å²) in [7, 11) is 0. The van der Waals surface area contributed by atoms with Crippen LogP contribution in [0.1, 0.15) is 5.56 Å². The third-order valence-corrected chi connectivity index (χ3v) is 1.76. The molecular formula is C7H7ClN4. The molecule has 2 aromatic rings. The topological polar surface area (TPSA) is 56.2 Å². The van der Waals surface area contributed by atoms with E-state index >= 15 is 0 Å². The van der Waals surface area contributed by atoms with Crippen LogP contribution in [-0.2, 0) is 6.54 Å². The number of hydrogen-bond acceptors (Lipinski definition) is 3. The number of halogens is 1. The van der Waals surface area contributed by atoms with Gasteiger partial charge >= 0.3 is 0 Å². The van der Waals surface area contributed by atoms with E-state index in [9.17, 15) is 0 Å². The van der Waals surface area contributed by atoms with Gasteiger partial charge in [-0.2, -0.15) is 4.98 Å². The van der Waals surface area contributed by atoms with Crippen LogP contribution in [0.5, 0.6) is 0 Å². The van der Waals surface area contributed by atoms with E-state index in [2.05, 4.69) is 10.1 Å². The Hall–Kier alpha value is -1.13. The predicted molar refractivity (Wildman–Crippen MR) is 45.9 cm³/mol. The van der Waals surface area contributed by atoms with E-state index in [1.54, 1.807) is 4.52 Å². The van der Waals surface area contributed by atoms with Crippen molar-refractivity contribution in [1.82, 2.24) is 14.6 Å². The quantitative estimate of drug-likeness (QED) is 0.711. The number of pyridine rings is 1. The van der Waals surface area contributed by atoms with Crippen molar-refractivity contribution in [3.63, 3.8) is 0 Å². The summed E-state index contributed by atoms with van der Waals surface area (Å²) >= 11 is 5.60. The summed E-state index contributed by atoms with van der Waals surface area (Å²) in [4.78, 5) is 3.97. The van der Waals surface area contributed by atoms with Crippen molar-refractivity contribution in [3.05, 3.63) is 29.2 Å². The fraction of sp³-hybridized carbons (Fsp3) is 0.143. The molecule has 5 heteroatoms. The third kappa shape index (κ3) is 1.15. The number of hydrogen-bond donors (Lipinski definition) is 1. The molecule has 0 saturated heterocycles. The molecular weight excluding hydrogens is 176 g/mol. The van der Waals surface area contributed by atoms with Crippen molar-refractivity contribution in [3.8, 4) is 0 Å². The molecule has 0 spiro atoms. The molecule has 0 radical (unpaired) electrons. The van der Waals surface area contributed by atoms with Crippen LogP contribution >= 0.6 is 11.6 Å². The monoisotopic (exact) mass is 182 g/mol. The van der Waals surface area contributed by atoms with Crippen LogP contribution in [0.4, 0.5) is 0 Å². The van der Waals surface area contributed by atoms with Gasteiger partial charge in [0.2, 0.25) is 5.28 Å². The maximum Gasteiger partial charge on any atom is 0.243 e. The zero-order valence-corrected chi connectivity index (χ0v) is 6.99. The standard InChI is InChI=1S/C7H7ClN4/c8-7-10-6-2-1-5(3-9)4-12(6)11-7/h1-2,4H,3,9H2. The highest BCUT2D eigenvalue weighted by atomic mass is 35.5. The van der Waals surface area contributed by atoms with Gasteiger partial charge in [0.1, 0.15) is 0 Å². The Balaban J connectivity index is 2.66. The molecule has 0 amide bonds. The lowest BCUT2D eigenvalue weighted by Crippen LogP contribution is -1.98. The Morgan fingerprint density at radius 2 is 2.33 bits per heavy atom.